The van der Waals surface area contributed by atoms with Gasteiger partial charge < -0.3 is 4.74 Å². The Labute approximate surface area is 64.8 Å². The summed E-state index contributed by atoms with van der Waals surface area (Å²) in [6.45, 7) is 0. The molecule has 0 heterocycles. The number of hydrogen-bond donors (Lipinski definition) is 0. The van der Waals surface area contributed by atoms with Crippen LogP contribution in [0.3, 0.4) is 0 Å². The fourth-order valence-corrected chi connectivity index (χ4v) is 0.687. The second-order valence-electron chi connectivity index (χ2n) is 1.87. The average molecular weight is 146 g/mol. The van der Waals surface area contributed by atoms with Crippen molar-refractivity contribution in [3.8, 4) is 12.5 Å². The van der Waals surface area contributed by atoms with Crippen LogP contribution in [0.1, 0.15) is 10.4 Å². The lowest BCUT2D eigenvalue weighted by Gasteiger charge is -1.93. The maximum atomic E-state index is 10.9. The van der Waals surface area contributed by atoms with E-state index in [2.05, 4.69) is 4.74 Å². The largest absolute Gasteiger partial charge is 0.369 e. The summed E-state index contributed by atoms with van der Waals surface area (Å²) < 4.78 is 4.32. The molecule has 0 aliphatic rings. The van der Waals surface area contributed by atoms with E-state index >= 15 is 0 Å². The average Bonchev–Trinajstić information content (AvgIpc) is 2.07. The molecule has 1 aromatic carbocycles. The zero-order chi connectivity index (χ0) is 8.10. The van der Waals surface area contributed by atoms with Crippen molar-refractivity contribution in [2.75, 3.05) is 0 Å². The van der Waals surface area contributed by atoms with Gasteiger partial charge in [0.05, 0.1) is 5.56 Å². The van der Waals surface area contributed by atoms with Gasteiger partial charge in [-0.3, -0.25) is 0 Å². The van der Waals surface area contributed by atoms with E-state index in [0.717, 1.165) is 0 Å². The summed E-state index contributed by atoms with van der Waals surface area (Å²) in [5.41, 5.74) is 0.463. The Kier molecular flexibility index (Phi) is 2.29. The van der Waals surface area contributed by atoms with Gasteiger partial charge in [0, 0.05) is 0 Å². The summed E-state index contributed by atoms with van der Waals surface area (Å²) in [7, 11) is 0. The van der Waals surface area contributed by atoms with E-state index in [1.807, 2.05) is 12.2 Å². The highest BCUT2D eigenvalue weighted by Gasteiger charge is 2.02. The van der Waals surface area contributed by atoms with Crippen LogP contribution in [-0.2, 0) is 4.74 Å². The Bertz CT molecular complexity index is 282. The quantitative estimate of drug-likeness (QED) is 0.442. The molecule has 0 aliphatic carbocycles. The van der Waals surface area contributed by atoms with Crippen molar-refractivity contribution >= 4 is 5.97 Å². The number of carbonyl (C=O) groups is 1. The number of esters is 1. The summed E-state index contributed by atoms with van der Waals surface area (Å²) in [6.07, 6.45) is 6.59. The van der Waals surface area contributed by atoms with Gasteiger partial charge in [-0.05, 0) is 12.1 Å². The molecule has 2 nitrogen and oxygen atoms in total. The van der Waals surface area contributed by atoms with E-state index in [-0.39, 0.29) is 0 Å². The molecule has 54 valence electrons. The van der Waals surface area contributed by atoms with Gasteiger partial charge in [0.2, 0.25) is 0 Å². The number of terminal acetylenes is 1. The highest BCUT2D eigenvalue weighted by molar-refractivity contribution is 5.89. The molecular weight excluding hydrogens is 140 g/mol. The summed E-state index contributed by atoms with van der Waals surface area (Å²) in [6, 6.07) is 8.58. The number of hydrogen-bond acceptors (Lipinski definition) is 2. The van der Waals surface area contributed by atoms with Gasteiger partial charge in [-0.2, -0.15) is 0 Å². The minimum atomic E-state index is -0.493. The third kappa shape index (κ3) is 1.84. The SMILES string of the molecule is C#COC(=O)c1ccccc1. The Hall–Kier alpha value is -1.75. The fourth-order valence-electron chi connectivity index (χ4n) is 0.687. The Balaban J connectivity index is 2.79. The number of ether oxygens (including phenoxy) is 1. The highest BCUT2D eigenvalue weighted by Crippen LogP contribution is 1.99. The van der Waals surface area contributed by atoms with Gasteiger partial charge in [0.15, 0.2) is 0 Å². The first-order valence-electron chi connectivity index (χ1n) is 3.06. The number of carbonyl (C=O) groups excluding carboxylic acids is 1. The van der Waals surface area contributed by atoms with E-state index in [9.17, 15) is 4.79 Å². The third-order valence-electron chi connectivity index (χ3n) is 1.16. The van der Waals surface area contributed by atoms with Crippen molar-refractivity contribution in [2.24, 2.45) is 0 Å². The predicted octanol–water partition coefficient (Wildman–Crippen LogP) is 1.43. The number of rotatable bonds is 1. The van der Waals surface area contributed by atoms with Crippen LogP contribution in [0.2, 0.25) is 0 Å². The lowest BCUT2D eigenvalue weighted by atomic mass is 10.2. The molecule has 0 saturated carbocycles. The van der Waals surface area contributed by atoms with Crippen molar-refractivity contribution in [2.45, 2.75) is 0 Å². The van der Waals surface area contributed by atoms with Gasteiger partial charge in [0.1, 0.15) is 6.11 Å². The van der Waals surface area contributed by atoms with Gasteiger partial charge in [-0.15, -0.1) is 0 Å². The number of benzene rings is 1. The van der Waals surface area contributed by atoms with Crippen molar-refractivity contribution in [1.29, 1.82) is 0 Å². The van der Waals surface area contributed by atoms with Crippen LogP contribution in [-0.4, -0.2) is 5.97 Å². The summed E-state index contributed by atoms with van der Waals surface area (Å²) in [4.78, 5) is 10.9. The third-order valence-corrected chi connectivity index (χ3v) is 1.16. The Morgan fingerprint density at radius 1 is 1.36 bits per heavy atom. The first-order chi connectivity index (χ1) is 5.34. The van der Waals surface area contributed by atoms with Crippen molar-refractivity contribution < 1.29 is 9.53 Å². The summed E-state index contributed by atoms with van der Waals surface area (Å²) in [5, 5.41) is 0. The molecule has 0 N–H and O–H groups in total. The highest BCUT2D eigenvalue weighted by atomic mass is 16.5. The van der Waals surface area contributed by atoms with E-state index in [4.69, 9.17) is 6.42 Å². The van der Waals surface area contributed by atoms with Crippen LogP contribution in [0.4, 0.5) is 0 Å². The molecule has 0 radical (unpaired) electrons. The van der Waals surface area contributed by atoms with Crippen molar-refractivity contribution in [3.05, 3.63) is 35.9 Å². The lowest BCUT2D eigenvalue weighted by Crippen LogP contribution is -1.99. The molecule has 1 rings (SSSR count). The molecule has 11 heavy (non-hydrogen) atoms. The molecular formula is C9H6O2. The van der Waals surface area contributed by atoms with Gasteiger partial charge in [0.25, 0.3) is 0 Å². The smallest absolute Gasteiger partial charge is 0.352 e. The second-order valence-corrected chi connectivity index (χ2v) is 1.87. The predicted molar refractivity (Wildman–Crippen MR) is 40.7 cm³/mol. The van der Waals surface area contributed by atoms with Gasteiger partial charge in [-0.1, -0.05) is 24.6 Å². The standard InChI is InChI=1S/C9H6O2/c1-2-11-9(10)8-6-4-3-5-7-8/h1,3-7H. The minimum Gasteiger partial charge on any atom is -0.369 e. The first-order valence-corrected chi connectivity index (χ1v) is 3.06. The van der Waals surface area contributed by atoms with E-state index in [1.54, 1.807) is 24.3 Å². The van der Waals surface area contributed by atoms with Crippen LogP contribution in [0.15, 0.2) is 30.3 Å². The molecule has 0 amide bonds. The second kappa shape index (κ2) is 3.43. The van der Waals surface area contributed by atoms with Crippen LogP contribution in [0, 0.1) is 12.5 Å². The monoisotopic (exact) mass is 146 g/mol. The summed E-state index contributed by atoms with van der Waals surface area (Å²) >= 11 is 0. The van der Waals surface area contributed by atoms with E-state index < -0.39 is 5.97 Å². The van der Waals surface area contributed by atoms with E-state index in [0.29, 0.717) is 5.56 Å². The molecule has 0 atom stereocenters. The van der Waals surface area contributed by atoms with E-state index in [1.165, 1.54) is 0 Å². The summed E-state index contributed by atoms with van der Waals surface area (Å²) in [5.74, 6) is -0.493. The first kappa shape index (κ1) is 7.36. The maximum Gasteiger partial charge on any atom is 0.352 e. The van der Waals surface area contributed by atoms with Crippen molar-refractivity contribution in [1.82, 2.24) is 0 Å². The zero-order valence-corrected chi connectivity index (χ0v) is 5.78. The molecule has 0 aliphatic heterocycles. The normalized spacial score (nSPS) is 8.27. The molecule has 0 spiro atoms. The molecule has 0 aromatic heterocycles. The topological polar surface area (TPSA) is 26.3 Å². The molecule has 1 aromatic rings. The molecule has 0 unspecified atom stereocenters. The molecule has 0 saturated heterocycles. The zero-order valence-electron chi connectivity index (χ0n) is 5.78. The molecule has 2 heteroatoms. The molecule has 0 bridgehead atoms. The Morgan fingerprint density at radius 3 is 2.55 bits per heavy atom. The van der Waals surface area contributed by atoms with Crippen LogP contribution >= 0.6 is 0 Å². The minimum absolute atomic E-state index is 0.463. The molecule has 0 fully saturated rings. The van der Waals surface area contributed by atoms with Crippen LogP contribution in [0.25, 0.3) is 0 Å². The van der Waals surface area contributed by atoms with Gasteiger partial charge >= 0.3 is 5.97 Å². The van der Waals surface area contributed by atoms with Crippen LogP contribution in [0.5, 0.6) is 0 Å². The van der Waals surface area contributed by atoms with Crippen LogP contribution < -0.4 is 0 Å². The fraction of sp³-hybridized carbons (Fsp3) is 0. The van der Waals surface area contributed by atoms with Gasteiger partial charge in [-0.25, -0.2) is 4.79 Å². The van der Waals surface area contributed by atoms with Crippen molar-refractivity contribution in [3.63, 3.8) is 0 Å². The maximum absolute atomic E-state index is 10.9. The lowest BCUT2D eigenvalue weighted by molar-refractivity contribution is 0.0691. The Morgan fingerprint density at radius 2 is 2.00 bits per heavy atom.